The first kappa shape index (κ1) is 25.6. The Morgan fingerprint density at radius 3 is 2.47 bits per heavy atom. The minimum absolute atomic E-state index is 0.114. The van der Waals surface area contributed by atoms with Crippen molar-refractivity contribution >= 4 is 33.4 Å². The highest BCUT2D eigenvalue weighted by Gasteiger charge is 2.29. The van der Waals surface area contributed by atoms with E-state index in [0.29, 0.717) is 24.6 Å². The maximum atomic E-state index is 13.5. The van der Waals surface area contributed by atoms with Gasteiger partial charge in [0.25, 0.3) is 10.0 Å². The molecule has 0 unspecified atom stereocenters. The van der Waals surface area contributed by atoms with Crippen molar-refractivity contribution in [2.45, 2.75) is 24.5 Å². The highest BCUT2D eigenvalue weighted by molar-refractivity contribution is 7.98. The number of nitrogens with zero attached hydrogens (tertiary/aromatic N) is 1. The lowest BCUT2D eigenvalue weighted by Crippen LogP contribution is -2.41. The Hall–Kier alpha value is -2.97. The summed E-state index contributed by atoms with van der Waals surface area (Å²) in [5, 5.41) is 2.85. The third-order valence-corrected chi connectivity index (χ3v) is 7.78. The molecule has 34 heavy (non-hydrogen) atoms. The molecule has 0 atom stereocenters. The number of carbonyl (C=O) groups excluding carboxylic acids is 1. The van der Waals surface area contributed by atoms with Crippen LogP contribution in [0.2, 0.25) is 0 Å². The van der Waals surface area contributed by atoms with Gasteiger partial charge in [-0.15, -0.1) is 0 Å². The number of nitrogens with one attached hydrogen (secondary N) is 1. The second-order valence-electron chi connectivity index (χ2n) is 7.62. The van der Waals surface area contributed by atoms with Crippen LogP contribution in [0, 0.1) is 6.92 Å². The van der Waals surface area contributed by atoms with Gasteiger partial charge in [-0.2, -0.15) is 11.8 Å². The summed E-state index contributed by atoms with van der Waals surface area (Å²) in [5.74, 6) is 1.61. The van der Waals surface area contributed by atoms with Gasteiger partial charge < -0.3 is 10.1 Å². The zero-order valence-electron chi connectivity index (χ0n) is 19.4. The Morgan fingerprint density at radius 2 is 1.74 bits per heavy atom. The molecule has 1 N–H and O–H groups in total. The summed E-state index contributed by atoms with van der Waals surface area (Å²) in [6, 6.07) is 23.3. The summed E-state index contributed by atoms with van der Waals surface area (Å²) >= 11 is 1.72. The van der Waals surface area contributed by atoms with Crippen molar-refractivity contribution < 1.29 is 17.9 Å². The molecule has 3 rings (SSSR count). The fourth-order valence-corrected chi connectivity index (χ4v) is 5.66. The quantitative estimate of drug-likeness (QED) is 0.368. The molecule has 0 spiro atoms. The molecular weight excluding hydrogens is 468 g/mol. The molecule has 0 heterocycles. The Bertz CT molecular complexity index is 1180. The SMILES string of the molecule is CCOc1ccccc1N(CC(=O)NCCSCc1cccc(C)c1)S(=O)(=O)c1ccccc1. The van der Waals surface area contributed by atoms with Crippen molar-refractivity contribution in [1.82, 2.24) is 5.32 Å². The number of ether oxygens (including phenoxy) is 1. The van der Waals surface area contributed by atoms with Crippen LogP contribution in [0.1, 0.15) is 18.1 Å². The molecule has 0 aliphatic rings. The summed E-state index contributed by atoms with van der Waals surface area (Å²) in [5.41, 5.74) is 2.79. The van der Waals surface area contributed by atoms with E-state index in [0.717, 1.165) is 15.8 Å². The maximum absolute atomic E-state index is 13.5. The van der Waals surface area contributed by atoms with Crippen LogP contribution in [-0.2, 0) is 20.6 Å². The van der Waals surface area contributed by atoms with Gasteiger partial charge in [-0.1, -0.05) is 60.2 Å². The summed E-state index contributed by atoms with van der Waals surface area (Å²) < 4.78 is 33.7. The topological polar surface area (TPSA) is 75.7 Å². The normalized spacial score (nSPS) is 11.1. The lowest BCUT2D eigenvalue weighted by Gasteiger charge is -2.26. The van der Waals surface area contributed by atoms with E-state index in [2.05, 4.69) is 30.4 Å². The second-order valence-corrected chi connectivity index (χ2v) is 10.6. The van der Waals surface area contributed by atoms with Gasteiger partial charge in [0, 0.05) is 18.1 Å². The molecule has 0 saturated carbocycles. The average Bonchev–Trinajstić information content (AvgIpc) is 2.83. The molecule has 8 heteroatoms. The number of benzene rings is 3. The van der Waals surface area contributed by atoms with Crippen LogP contribution in [0.15, 0.2) is 83.8 Å². The lowest BCUT2D eigenvalue weighted by molar-refractivity contribution is -0.119. The van der Waals surface area contributed by atoms with E-state index in [1.807, 2.05) is 13.0 Å². The molecule has 0 radical (unpaired) electrons. The van der Waals surface area contributed by atoms with Crippen LogP contribution in [0.5, 0.6) is 5.75 Å². The predicted octanol–water partition coefficient (Wildman–Crippen LogP) is 4.64. The summed E-state index contributed by atoms with van der Waals surface area (Å²) in [4.78, 5) is 12.9. The zero-order valence-corrected chi connectivity index (χ0v) is 21.1. The number of thioether (sulfide) groups is 1. The second kappa shape index (κ2) is 12.5. The molecule has 3 aromatic rings. The molecule has 0 fully saturated rings. The van der Waals surface area contributed by atoms with E-state index in [1.165, 1.54) is 23.3 Å². The number of aryl methyl sites for hydroxylation is 1. The monoisotopic (exact) mass is 498 g/mol. The molecule has 0 aromatic heterocycles. The van der Waals surface area contributed by atoms with Gasteiger partial charge in [0.15, 0.2) is 0 Å². The van der Waals surface area contributed by atoms with E-state index in [9.17, 15) is 13.2 Å². The van der Waals surface area contributed by atoms with Crippen molar-refractivity contribution in [1.29, 1.82) is 0 Å². The Kier molecular flexibility index (Phi) is 9.42. The first-order valence-corrected chi connectivity index (χ1v) is 13.7. The Labute approximate surface area is 206 Å². The number of amides is 1. The average molecular weight is 499 g/mol. The van der Waals surface area contributed by atoms with Gasteiger partial charge in [-0.25, -0.2) is 8.42 Å². The predicted molar refractivity (Wildman–Crippen MR) is 139 cm³/mol. The van der Waals surface area contributed by atoms with Crippen molar-refractivity contribution in [3.05, 3.63) is 90.0 Å². The molecule has 1 amide bonds. The number of anilines is 1. The van der Waals surface area contributed by atoms with Crippen molar-refractivity contribution in [2.75, 3.05) is 29.8 Å². The summed E-state index contributed by atoms with van der Waals surface area (Å²) in [6.07, 6.45) is 0. The molecule has 0 aliphatic heterocycles. The number of carbonyl (C=O) groups is 1. The molecule has 0 saturated heterocycles. The van der Waals surface area contributed by atoms with Crippen LogP contribution < -0.4 is 14.4 Å². The zero-order chi connectivity index (χ0) is 24.4. The van der Waals surface area contributed by atoms with Gasteiger partial charge in [0.2, 0.25) is 5.91 Å². The summed E-state index contributed by atoms with van der Waals surface area (Å²) in [7, 11) is -3.98. The van der Waals surface area contributed by atoms with Gasteiger partial charge >= 0.3 is 0 Å². The van der Waals surface area contributed by atoms with Crippen molar-refractivity contribution in [3.8, 4) is 5.75 Å². The van der Waals surface area contributed by atoms with Gasteiger partial charge in [-0.05, 0) is 43.7 Å². The third-order valence-electron chi connectivity index (χ3n) is 4.97. The van der Waals surface area contributed by atoms with Crippen LogP contribution in [0.25, 0.3) is 0 Å². The molecule has 3 aromatic carbocycles. The number of hydrogen-bond acceptors (Lipinski definition) is 5. The van der Waals surface area contributed by atoms with Crippen LogP contribution in [0.4, 0.5) is 5.69 Å². The van der Waals surface area contributed by atoms with E-state index >= 15 is 0 Å². The van der Waals surface area contributed by atoms with Crippen LogP contribution in [-0.4, -0.2) is 39.8 Å². The molecule has 0 bridgehead atoms. The number of para-hydroxylation sites is 2. The van der Waals surface area contributed by atoms with Gasteiger partial charge in [0.1, 0.15) is 12.3 Å². The minimum Gasteiger partial charge on any atom is -0.492 e. The third kappa shape index (κ3) is 7.01. The number of rotatable bonds is 12. The minimum atomic E-state index is -3.98. The van der Waals surface area contributed by atoms with Crippen LogP contribution in [0.3, 0.4) is 0 Å². The van der Waals surface area contributed by atoms with Gasteiger partial charge in [0.05, 0.1) is 17.2 Å². The highest BCUT2D eigenvalue weighted by atomic mass is 32.2. The smallest absolute Gasteiger partial charge is 0.264 e. The fourth-order valence-electron chi connectivity index (χ4n) is 3.40. The number of hydrogen-bond donors (Lipinski definition) is 1. The molecule has 180 valence electrons. The number of sulfonamides is 1. The largest absolute Gasteiger partial charge is 0.492 e. The highest BCUT2D eigenvalue weighted by Crippen LogP contribution is 2.32. The molecule has 6 nitrogen and oxygen atoms in total. The molecular formula is C26H30N2O4S2. The first-order chi connectivity index (χ1) is 16.4. The van der Waals surface area contributed by atoms with E-state index in [1.54, 1.807) is 54.2 Å². The Morgan fingerprint density at radius 1 is 1.00 bits per heavy atom. The first-order valence-electron chi connectivity index (χ1n) is 11.1. The van der Waals surface area contributed by atoms with Crippen molar-refractivity contribution in [3.63, 3.8) is 0 Å². The maximum Gasteiger partial charge on any atom is 0.264 e. The fraction of sp³-hybridized carbons (Fsp3) is 0.269. The standard InChI is InChI=1S/C26H30N2O4S2/c1-3-32-25-15-8-7-14-24(25)28(34(30,31)23-12-5-4-6-13-23)19-26(29)27-16-17-33-20-22-11-9-10-21(2)18-22/h4-15,18H,3,16-17,19-20H2,1-2H3,(H,27,29). The van der Waals surface area contributed by atoms with Crippen molar-refractivity contribution in [2.24, 2.45) is 0 Å². The lowest BCUT2D eigenvalue weighted by atomic mass is 10.2. The van der Waals surface area contributed by atoms with E-state index in [-0.39, 0.29) is 17.3 Å². The van der Waals surface area contributed by atoms with Crippen LogP contribution >= 0.6 is 11.8 Å². The van der Waals surface area contributed by atoms with E-state index in [4.69, 9.17) is 4.74 Å². The van der Waals surface area contributed by atoms with E-state index < -0.39 is 10.0 Å². The molecule has 0 aliphatic carbocycles. The summed E-state index contributed by atoms with van der Waals surface area (Å²) in [6.45, 7) is 4.37. The Balaban J connectivity index is 1.68. The van der Waals surface area contributed by atoms with Gasteiger partial charge in [-0.3, -0.25) is 9.10 Å².